The Morgan fingerprint density at radius 1 is 1.17 bits per heavy atom. The Balaban J connectivity index is 0.00000289. The first-order valence-electron chi connectivity index (χ1n) is 4.30. The first kappa shape index (κ1) is 17.4. The van der Waals surface area contributed by atoms with Gasteiger partial charge in [-0.1, -0.05) is 11.6 Å². The van der Waals surface area contributed by atoms with Crippen molar-refractivity contribution in [1.82, 2.24) is 0 Å². The van der Waals surface area contributed by atoms with Crippen molar-refractivity contribution in [3.63, 3.8) is 0 Å². The van der Waals surface area contributed by atoms with Gasteiger partial charge in [0.2, 0.25) is 0 Å². The van der Waals surface area contributed by atoms with Crippen LogP contribution in [0.15, 0.2) is 12.1 Å². The molecule has 0 unspecified atom stereocenters. The summed E-state index contributed by atoms with van der Waals surface area (Å²) in [4.78, 5) is 0. The maximum atomic E-state index is 13.2. The molecule has 2 nitrogen and oxygen atoms in total. The van der Waals surface area contributed by atoms with Gasteiger partial charge in [-0.2, -0.15) is 13.2 Å². The van der Waals surface area contributed by atoms with Crippen LogP contribution in [0.25, 0.3) is 0 Å². The second kappa shape index (κ2) is 6.01. The Hall–Kier alpha value is -0.630. The molecule has 0 aliphatic heterocycles. The summed E-state index contributed by atoms with van der Waals surface area (Å²) in [6, 6.07) is -0.967. The van der Waals surface area contributed by atoms with Crippen LogP contribution < -0.4 is 5.73 Å². The number of benzene rings is 1. The van der Waals surface area contributed by atoms with Crippen LogP contribution in [0.2, 0.25) is 5.02 Å². The van der Waals surface area contributed by atoms with Crippen molar-refractivity contribution < 1.29 is 27.1 Å². The molecular weight excluding hydrogens is 304 g/mol. The average molecular weight is 312 g/mol. The van der Waals surface area contributed by atoms with Crippen LogP contribution in [0, 0.1) is 11.6 Å². The van der Waals surface area contributed by atoms with Gasteiger partial charge in [-0.05, 0) is 12.1 Å². The number of halogens is 7. The molecule has 0 aliphatic carbocycles. The monoisotopic (exact) mass is 311 g/mol. The second-order valence-corrected chi connectivity index (χ2v) is 3.65. The Morgan fingerprint density at radius 3 is 2.06 bits per heavy atom. The van der Waals surface area contributed by atoms with Gasteiger partial charge >= 0.3 is 6.18 Å². The van der Waals surface area contributed by atoms with E-state index in [2.05, 4.69) is 0 Å². The maximum Gasteiger partial charge on any atom is 0.416 e. The lowest BCUT2D eigenvalue weighted by Gasteiger charge is -2.22. The SMILES string of the molecule is Cl.N[C@@H](c1c(F)ccc(F)c1Cl)[C@H](O)C(F)(F)F. The second-order valence-electron chi connectivity index (χ2n) is 3.27. The van der Waals surface area contributed by atoms with E-state index in [1.807, 2.05) is 0 Å². The highest BCUT2D eigenvalue weighted by molar-refractivity contribution is 6.31. The van der Waals surface area contributed by atoms with E-state index in [4.69, 9.17) is 22.4 Å². The summed E-state index contributed by atoms with van der Waals surface area (Å²) < 4.78 is 62.7. The molecule has 104 valence electrons. The molecule has 1 aromatic carbocycles. The smallest absolute Gasteiger partial charge is 0.382 e. The lowest BCUT2D eigenvalue weighted by atomic mass is 10.0. The van der Waals surface area contributed by atoms with Gasteiger partial charge in [0, 0.05) is 5.56 Å². The zero-order valence-corrected chi connectivity index (χ0v) is 10.1. The van der Waals surface area contributed by atoms with Gasteiger partial charge in [0.15, 0.2) is 6.10 Å². The largest absolute Gasteiger partial charge is 0.416 e. The summed E-state index contributed by atoms with van der Waals surface area (Å²) in [5.74, 6) is -2.33. The Kier molecular flexibility index (Phi) is 5.80. The fraction of sp³-hybridized carbons (Fsp3) is 0.333. The van der Waals surface area contributed by atoms with Crippen molar-refractivity contribution >= 4 is 24.0 Å². The van der Waals surface area contributed by atoms with Crippen molar-refractivity contribution in [2.75, 3.05) is 0 Å². The van der Waals surface area contributed by atoms with Crippen LogP contribution >= 0.6 is 24.0 Å². The normalized spacial score (nSPS) is 14.9. The molecule has 9 heteroatoms. The molecule has 0 radical (unpaired) electrons. The minimum absolute atomic E-state index is 0. The van der Waals surface area contributed by atoms with Gasteiger partial charge in [0.1, 0.15) is 11.6 Å². The maximum absolute atomic E-state index is 13.2. The van der Waals surface area contributed by atoms with Gasteiger partial charge in [0.25, 0.3) is 0 Å². The molecule has 0 fully saturated rings. The summed E-state index contributed by atoms with van der Waals surface area (Å²) in [5, 5.41) is 7.98. The Labute approximate surface area is 110 Å². The molecule has 1 aromatic rings. The van der Waals surface area contributed by atoms with Gasteiger partial charge in [-0.25, -0.2) is 8.78 Å². The molecule has 0 amide bonds. The fourth-order valence-electron chi connectivity index (χ4n) is 1.21. The average Bonchev–Trinajstić information content (AvgIpc) is 2.21. The molecule has 0 aliphatic rings. The highest BCUT2D eigenvalue weighted by Crippen LogP contribution is 2.34. The number of hydrogen-bond acceptors (Lipinski definition) is 2. The van der Waals surface area contributed by atoms with Crippen molar-refractivity contribution in [2.45, 2.75) is 18.3 Å². The minimum atomic E-state index is -5.05. The summed E-state index contributed by atoms with van der Waals surface area (Å²) in [6.45, 7) is 0. The minimum Gasteiger partial charge on any atom is -0.382 e. The zero-order valence-electron chi connectivity index (χ0n) is 8.51. The molecule has 0 bridgehead atoms. The number of alkyl halides is 3. The summed E-state index contributed by atoms with van der Waals surface area (Å²) in [5.41, 5.74) is 4.13. The molecule has 0 saturated heterocycles. The summed E-state index contributed by atoms with van der Waals surface area (Å²) in [6.07, 6.45) is -8.09. The quantitative estimate of drug-likeness (QED) is 0.651. The van der Waals surface area contributed by atoms with Crippen LogP contribution in [0.4, 0.5) is 22.0 Å². The van der Waals surface area contributed by atoms with E-state index < -0.39 is 40.5 Å². The van der Waals surface area contributed by atoms with E-state index >= 15 is 0 Å². The van der Waals surface area contributed by atoms with Crippen LogP contribution in [-0.4, -0.2) is 17.4 Å². The van der Waals surface area contributed by atoms with Crippen LogP contribution in [0.1, 0.15) is 11.6 Å². The Bertz CT molecular complexity index is 426. The van der Waals surface area contributed by atoms with Crippen molar-refractivity contribution in [2.24, 2.45) is 5.73 Å². The van der Waals surface area contributed by atoms with E-state index in [-0.39, 0.29) is 12.4 Å². The number of aliphatic hydroxyl groups is 1. The first-order valence-corrected chi connectivity index (χ1v) is 4.67. The van der Waals surface area contributed by atoms with Gasteiger partial charge < -0.3 is 10.8 Å². The third-order valence-corrected chi connectivity index (χ3v) is 2.47. The molecule has 0 aromatic heterocycles. The number of aliphatic hydroxyl groups excluding tert-OH is 1. The lowest BCUT2D eigenvalue weighted by Crippen LogP contribution is -2.39. The standard InChI is InChI=1S/C9H7ClF5NO.ClH/c10-6-4(12)2-1-3(11)5(6)7(16)8(17)9(13,14)15;/h1-2,7-8,17H,16H2;1H/t7-,8-;/m0./s1. The van der Waals surface area contributed by atoms with Gasteiger partial charge in [-0.3, -0.25) is 0 Å². The van der Waals surface area contributed by atoms with Gasteiger partial charge in [0.05, 0.1) is 11.1 Å². The summed E-state index contributed by atoms with van der Waals surface area (Å²) in [7, 11) is 0. The van der Waals surface area contributed by atoms with Crippen LogP contribution in [0.3, 0.4) is 0 Å². The third kappa shape index (κ3) is 3.44. The first-order chi connectivity index (χ1) is 7.66. The molecule has 0 saturated carbocycles. The lowest BCUT2D eigenvalue weighted by molar-refractivity contribution is -0.210. The van der Waals surface area contributed by atoms with E-state index in [0.717, 1.165) is 0 Å². The fourth-order valence-corrected chi connectivity index (χ4v) is 1.49. The predicted molar refractivity (Wildman–Crippen MR) is 57.6 cm³/mol. The molecule has 2 atom stereocenters. The summed E-state index contributed by atoms with van der Waals surface area (Å²) >= 11 is 5.31. The molecule has 1 rings (SSSR count). The van der Waals surface area contributed by atoms with Crippen molar-refractivity contribution in [3.05, 3.63) is 34.4 Å². The van der Waals surface area contributed by atoms with Crippen LogP contribution in [-0.2, 0) is 0 Å². The highest BCUT2D eigenvalue weighted by Gasteiger charge is 2.44. The number of hydrogen-bond donors (Lipinski definition) is 2. The topological polar surface area (TPSA) is 46.2 Å². The predicted octanol–water partition coefficient (Wildman–Crippen LogP) is 2.96. The van der Waals surface area contributed by atoms with Crippen molar-refractivity contribution in [1.29, 1.82) is 0 Å². The number of rotatable bonds is 2. The molecular formula is C9H8Cl2F5NO. The van der Waals surface area contributed by atoms with E-state index in [1.54, 1.807) is 0 Å². The molecule has 0 spiro atoms. The molecule has 18 heavy (non-hydrogen) atoms. The van der Waals surface area contributed by atoms with Crippen LogP contribution in [0.5, 0.6) is 0 Å². The van der Waals surface area contributed by atoms with E-state index in [1.165, 1.54) is 0 Å². The molecule has 0 heterocycles. The highest BCUT2D eigenvalue weighted by atomic mass is 35.5. The number of nitrogens with two attached hydrogens (primary N) is 1. The van der Waals surface area contributed by atoms with E-state index in [0.29, 0.717) is 12.1 Å². The van der Waals surface area contributed by atoms with E-state index in [9.17, 15) is 22.0 Å². The molecule has 3 N–H and O–H groups in total. The Morgan fingerprint density at radius 2 is 1.61 bits per heavy atom. The zero-order chi connectivity index (χ0) is 13.4. The third-order valence-electron chi connectivity index (χ3n) is 2.09. The van der Waals surface area contributed by atoms with Gasteiger partial charge in [-0.15, -0.1) is 12.4 Å². The van der Waals surface area contributed by atoms with Crippen molar-refractivity contribution in [3.8, 4) is 0 Å².